The highest BCUT2D eigenvalue weighted by Gasteiger charge is 2.11. The molecule has 0 amide bonds. The van der Waals surface area contributed by atoms with Crippen molar-refractivity contribution in [3.05, 3.63) is 87.1 Å². The van der Waals surface area contributed by atoms with E-state index >= 15 is 0 Å². The summed E-state index contributed by atoms with van der Waals surface area (Å²) in [5.41, 5.74) is 2.71. The predicted molar refractivity (Wildman–Crippen MR) is 91.9 cm³/mol. The maximum Gasteiger partial charge on any atom is 0.267 e. The maximum absolute atomic E-state index is 12.2. The lowest BCUT2D eigenvalue weighted by Gasteiger charge is -2.15. The lowest BCUT2D eigenvalue weighted by molar-refractivity contribution is 0.534. The zero-order chi connectivity index (χ0) is 15.5. The Bertz CT molecular complexity index is 843. The molecule has 110 valence electrons. The van der Waals surface area contributed by atoms with E-state index in [1.807, 2.05) is 61.5 Å². The number of hydrogen-bond acceptors (Lipinski definition) is 2. The van der Waals surface area contributed by atoms with Crippen LogP contribution in [0.3, 0.4) is 0 Å². The molecule has 3 rings (SSSR count). The van der Waals surface area contributed by atoms with Crippen LogP contribution in [0.5, 0.6) is 0 Å². The van der Waals surface area contributed by atoms with Gasteiger partial charge in [0.1, 0.15) is 0 Å². The summed E-state index contributed by atoms with van der Waals surface area (Å²) in [6.07, 6.45) is 0. The second-order valence-electron chi connectivity index (χ2n) is 5.10. The lowest BCUT2D eigenvalue weighted by atomic mass is 10.1. The highest BCUT2D eigenvalue weighted by Crippen LogP contribution is 2.21. The van der Waals surface area contributed by atoms with E-state index in [-0.39, 0.29) is 11.6 Å². The van der Waals surface area contributed by atoms with Crippen molar-refractivity contribution in [2.45, 2.75) is 13.0 Å². The highest BCUT2D eigenvalue weighted by molar-refractivity contribution is 9.10. The van der Waals surface area contributed by atoms with E-state index in [2.05, 4.69) is 21.0 Å². The standard InChI is InChI=1S/C18H15BrN2O/c1-13(14-6-3-2-4-7-14)21-18(22)11-10-17(20-21)15-8-5-9-16(19)12-15/h2-13H,1H3. The molecule has 1 unspecified atom stereocenters. The van der Waals surface area contributed by atoms with E-state index in [0.717, 1.165) is 21.3 Å². The van der Waals surface area contributed by atoms with Crippen molar-refractivity contribution < 1.29 is 0 Å². The van der Waals surface area contributed by atoms with Gasteiger partial charge in [0.25, 0.3) is 5.56 Å². The summed E-state index contributed by atoms with van der Waals surface area (Å²) in [4.78, 5) is 12.2. The van der Waals surface area contributed by atoms with Crippen molar-refractivity contribution in [2.24, 2.45) is 0 Å². The molecule has 0 N–H and O–H groups in total. The Hall–Kier alpha value is -2.20. The minimum Gasteiger partial charge on any atom is -0.268 e. The number of halogens is 1. The van der Waals surface area contributed by atoms with Gasteiger partial charge in [0.2, 0.25) is 0 Å². The van der Waals surface area contributed by atoms with Crippen molar-refractivity contribution in [3.8, 4) is 11.3 Å². The molecule has 0 aliphatic carbocycles. The van der Waals surface area contributed by atoms with Gasteiger partial charge in [-0.05, 0) is 30.7 Å². The van der Waals surface area contributed by atoms with Crippen LogP contribution in [0, 0.1) is 0 Å². The van der Waals surface area contributed by atoms with E-state index in [4.69, 9.17) is 0 Å². The summed E-state index contributed by atoms with van der Waals surface area (Å²) in [6.45, 7) is 1.98. The Morgan fingerprint density at radius 1 is 1.00 bits per heavy atom. The van der Waals surface area contributed by atoms with Crippen molar-refractivity contribution in [1.82, 2.24) is 9.78 Å². The lowest BCUT2D eigenvalue weighted by Crippen LogP contribution is -2.26. The van der Waals surface area contributed by atoms with Gasteiger partial charge in [-0.15, -0.1) is 0 Å². The summed E-state index contributed by atoms with van der Waals surface area (Å²) in [7, 11) is 0. The Balaban J connectivity index is 2.06. The average molecular weight is 355 g/mol. The van der Waals surface area contributed by atoms with Crippen LogP contribution in [-0.2, 0) is 0 Å². The molecular formula is C18H15BrN2O. The first-order chi connectivity index (χ1) is 10.6. The van der Waals surface area contributed by atoms with Crippen LogP contribution in [0.25, 0.3) is 11.3 Å². The fourth-order valence-corrected chi connectivity index (χ4v) is 2.78. The van der Waals surface area contributed by atoms with Crippen molar-refractivity contribution in [3.63, 3.8) is 0 Å². The van der Waals surface area contributed by atoms with Crippen LogP contribution in [0.15, 0.2) is 76.0 Å². The average Bonchev–Trinajstić information content (AvgIpc) is 2.55. The van der Waals surface area contributed by atoms with Crippen LogP contribution in [0.1, 0.15) is 18.5 Å². The molecular weight excluding hydrogens is 340 g/mol. The number of aromatic nitrogens is 2. The number of rotatable bonds is 3. The normalized spacial score (nSPS) is 12.1. The fraction of sp³-hybridized carbons (Fsp3) is 0.111. The third kappa shape index (κ3) is 3.02. The fourth-order valence-electron chi connectivity index (χ4n) is 2.38. The molecule has 0 saturated carbocycles. The van der Waals surface area contributed by atoms with Gasteiger partial charge in [-0.25, -0.2) is 4.68 Å². The van der Waals surface area contributed by atoms with Crippen molar-refractivity contribution in [1.29, 1.82) is 0 Å². The summed E-state index contributed by atoms with van der Waals surface area (Å²) in [6, 6.07) is 21.0. The van der Waals surface area contributed by atoms with Crippen molar-refractivity contribution >= 4 is 15.9 Å². The Labute approximate surface area is 137 Å². The molecule has 3 aromatic rings. The Kier molecular flexibility index (Phi) is 4.20. The quantitative estimate of drug-likeness (QED) is 0.703. The smallest absolute Gasteiger partial charge is 0.267 e. The van der Waals surface area contributed by atoms with Crippen LogP contribution in [0.4, 0.5) is 0 Å². The van der Waals surface area contributed by atoms with Gasteiger partial charge in [-0.3, -0.25) is 4.79 Å². The third-order valence-corrected chi connectivity index (χ3v) is 4.09. The van der Waals surface area contributed by atoms with E-state index < -0.39 is 0 Å². The third-order valence-electron chi connectivity index (χ3n) is 3.59. The predicted octanol–water partition coefficient (Wildman–Crippen LogP) is 4.28. The molecule has 1 heterocycles. The minimum absolute atomic E-state index is 0.102. The van der Waals surface area contributed by atoms with Gasteiger partial charge in [0.05, 0.1) is 11.7 Å². The zero-order valence-corrected chi connectivity index (χ0v) is 13.7. The molecule has 0 bridgehead atoms. The SMILES string of the molecule is CC(c1ccccc1)n1nc(-c2cccc(Br)c2)ccc1=O. The molecule has 4 heteroatoms. The molecule has 0 radical (unpaired) electrons. The maximum atomic E-state index is 12.2. The molecule has 0 aliphatic rings. The van der Waals surface area contributed by atoms with Crippen molar-refractivity contribution in [2.75, 3.05) is 0 Å². The Morgan fingerprint density at radius 2 is 1.77 bits per heavy atom. The van der Waals surface area contributed by atoms with Gasteiger partial charge in [-0.1, -0.05) is 58.4 Å². The molecule has 0 saturated heterocycles. The summed E-state index contributed by atoms with van der Waals surface area (Å²) in [5.74, 6) is 0. The van der Waals surface area contributed by atoms with Gasteiger partial charge in [0, 0.05) is 16.1 Å². The second kappa shape index (κ2) is 6.28. The monoisotopic (exact) mass is 354 g/mol. The van der Waals surface area contributed by atoms with Crippen LogP contribution in [-0.4, -0.2) is 9.78 Å². The molecule has 0 fully saturated rings. The topological polar surface area (TPSA) is 34.9 Å². The van der Waals surface area contributed by atoms with E-state index in [0.29, 0.717) is 0 Å². The second-order valence-corrected chi connectivity index (χ2v) is 6.01. The van der Waals surface area contributed by atoms with Crippen LogP contribution >= 0.6 is 15.9 Å². The molecule has 1 aromatic heterocycles. The van der Waals surface area contributed by atoms with Gasteiger partial charge < -0.3 is 0 Å². The molecule has 1 atom stereocenters. The number of nitrogens with zero attached hydrogens (tertiary/aromatic N) is 2. The number of hydrogen-bond donors (Lipinski definition) is 0. The van der Waals surface area contributed by atoms with Gasteiger partial charge >= 0.3 is 0 Å². The highest BCUT2D eigenvalue weighted by atomic mass is 79.9. The largest absolute Gasteiger partial charge is 0.268 e. The molecule has 3 nitrogen and oxygen atoms in total. The minimum atomic E-state index is -0.110. The first-order valence-corrected chi connectivity index (χ1v) is 7.85. The summed E-state index contributed by atoms with van der Waals surface area (Å²) in [5, 5.41) is 4.54. The molecule has 2 aromatic carbocycles. The van der Waals surface area contributed by atoms with Crippen LogP contribution in [0.2, 0.25) is 0 Å². The van der Waals surface area contributed by atoms with E-state index in [9.17, 15) is 4.79 Å². The Morgan fingerprint density at radius 3 is 2.50 bits per heavy atom. The summed E-state index contributed by atoms with van der Waals surface area (Å²) < 4.78 is 2.52. The molecule has 0 spiro atoms. The first kappa shape index (κ1) is 14.7. The molecule has 0 aliphatic heterocycles. The van der Waals surface area contributed by atoms with Gasteiger partial charge in [0.15, 0.2) is 0 Å². The van der Waals surface area contributed by atoms with E-state index in [1.165, 1.54) is 4.68 Å². The van der Waals surface area contributed by atoms with E-state index in [1.54, 1.807) is 12.1 Å². The number of benzene rings is 2. The summed E-state index contributed by atoms with van der Waals surface area (Å²) >= 11 is 3.46. The van der Waals surface area contributed by atoms with Gasteiger partial charge in [-0.2, -0.15) is 5.10 Å². The zero-order valence-electron chi connectivity index (χ0n) is 12.1. The van der Waals surface area contributed by atoms with Crippen LogP contribution < -0.4 is 5.56 Å². The first-order valence-electron chi connectivity index (χ1n) is 7.06. The molecule has 22 heavy (non-hydrogen) atoms.